The van der Waals surface area contributed by atoms with Crippen LogP contribution in [0.2, 0.25) is 5.02 Å². The van der Waals surface area contributed by atoms with Gasteiger partial charge >= 0.3 is 0 Å². The Morgan fingerprint density at radius 2 is 2.05 bits per heavy atom. The van der Waals surface area contributed by atoms with Crippen LogP contribution in [0.15, 0.2) is 52.3 Å². The van der Waals surface area contributed by atoms with Crippen molar-refractivity contribution in [2.45, 2.75) is 16.7 Å². The first-order valence-electron chi connectivity index (χ1n) is 6.29. The predicted molar refractivity (Wildman–Crippen MR) is 85.0 cm³/mol. The summed E-state index contributed by atoms with van der Waals surface area (Å²) in [5, 5.41) is 3.25. The molecule has 2 rings (SSSR count). The van der Waals surface area contributed by atoms with E-state index in [4.69, 9.17) is 17.3 Å². The lowest BCUT2D eigenvalue weighted by Gasteiger charge is -2.09. The van der Waals surface area contributed by atoms with Crippen molar-refractivity contribution in [2.75, 3.05) is 11.9 Å². The molecule has 3 N–H and O–H groups in total. The molecule has 0 bridgehead atoms. The fourth-order valence-electron chi connectivity index (χ4n) is 1.85. The quantitative estimate of drug-likeness (QED) is 0.909. The van der Waals surface area contributed by atoms with Crippen LogP contribution in [0.5, 0.6) is 0 Å². The highest BCUT2D eigenvalue weighted by atomic mass is 35.5. The van der Waals surface area contributed by atoms with Crippen LogP contribution in [-0.2, 0) is 15.6 Å². The van der Waals surface area contributed by atoms with Crippen molar-refractivity contribution in [3.63, 3.8) is 0 Å². The molecule has 2 aromatic rings. The number of amides is 1. The zero-order valence-corrected chi connectivity index (χ0v) is 13.0. The van der Waals surface area contributed by atoms with Crippen molar-refractivity contribution in [3.05, 3.63) is 53.1 Å². The molecule has 0 spiro atoms. The lowest BCUT2D eigenvalue weighted by Crippen LogP contribution is -2.21. The minimum absolute atomic E-state index is 0.0936. The van der Waals surface area contributed by atoms with Crippen molar-refractivity contribution in [2.24, 2.45) is 5.73 Å². The molecule has 2 aromatic carbocycles. The summed E-state index contributed by atoms with van der Waals surface area (Å²) < 4.78 is 12.6. The largest absolute Gasteiger partial charge is 0.325 e. The average molecular weight is 323 g/mol. The first kappa shape index (κ1) is 15.7. The van der Waals surface area contributed by atoms with Crippen LogP contribution in [0.1, 0.15) is 5.56 Å². The molecule has 0 saturated carbocycles. The van der Waals surface area contributed by atoms with Gasteiger partial charge in [0.1, 0.15) is 0 Å². The van der Waals surface area contributed by atoms with Gasteiger partial charge in [-0.2, -0.15) is 0 Å². The highest BCUT2D eigenvalue weighted by Crippen LogP contribution is 2.24. The third-order valence-electron chi connectivity index (χ3n) is 2.85. The zero-order chi connectivity index (χ0) is 15.4. The van der Waals surface area contributed by atoms with Crippen molar-refractivity contribution < 1.29 is 9.00 Å². The second-order valence-corrected chi connectivity index (χ2v) is 6.34. The van der Waals surface area contributed by atoms with Crippen LogP contribution < -0.4 is 11.1 Å². The highest BCUT2D eigenvalue weighted by Gasteiger charge is 2.11. The molecule has 0 aliphatic carbocycles. The van der Waals surface area contributed by atoms with E-state index in [-0.39, 0.29) is 12.5 Å². The molecule has 21 heavy (non-hydrogen) atoms. The number of benzene rings is 2. The molecule has 0 fully saturated rings. The van der Waals surface area contributed by atoms with Crippen LogP contribution in [0.25, 0.3) is 0 Å². The second kappa shape index (κ2) is 6.85. The third kappa shape index (κ3) is 3.91. The Balaban J connectivity index is 2.31. The standard InChI is InChI=1S/C15H15ClN2O2S/c1-10-7-11(16)5-6-14(10)21(20)13-4-2-3-12(8-13)18-15(19)9-17/h2-8H,9,17H2,1H3,(H,18,19). The Labute approximate surface area is 130 Å². The van der Waals surface area contributed by atoms with Gasteiger partial charge in [0.2, 0.25) is 5.91 Å². The van der Waals surface area contributed by atoms with Crippen molar-refractivity contribution in [1.82, 2.24) is 0 Å². The van der Waals surface area contributed by atoms with Gasteiger partial charge in [-0.05, 0) is 48.9 Å². The molecule has 110 valence electrons. The van der Waals surface area contributed by atoms with Gasteiger partial charge in [-0.25, -0.2) is 4.21 Å². The Bertz CT molecular complexity index is 704. The van der Waals surface area contributed by atoms with E-state index in [0.717, 1.165) is 5.56 Å². The van der Waals surface area contributed by atoms with E-state index >= 15 is 0 Å². The Kier molecular flexibility index (Phi) is 5.12. The maximum absolute atomic E-state index is 12.6. The van der Waals surface area contributed by atoms with E-state index in [9.17, 15) is 9.00 Å². The molecule has 6 heteroatoms. The molecule has 0 aliphatic heterocycles. The van der Waals surface area contributed by atoms with E-state index in [1.54, 1.807) is 42.5 Å². The molecule has 1 atom stereocenters. The highest BCUT2D eigenvalue weighted by molar-refractivity contribution is 7.85. The minimum atomic E-state index is -1.33. The number of anilines is 1. The number of nitrogens with one attached hydrogen (secondary N) is 1. The molecule has 0 aliphatic rings. The van der Waals surface area contributed by atoms with Crippen molar-refractivity contribution >= 4 is 34.0 Å². The predicted octanol–water partition coefficient (Wildman–Crippen LogP) is 2.71. The minimum Gasteiger partial charge on any atom is -0.325 e. The number of carbonyl (C=O) groups is 1. The first-order chi connectivity index (χ1) is 10.0. The summed E-state index contributed by atoms with van der Waals surface area (Å²) in [6.45, 7) is 1.77. The summed E-state index contributed by atoms with van der Waals surface area (Å²) in [6.07, 6.45) is 0. The number of rotatable bonds is 4. The number of halogens is 1. The van der Waals surface area contributed by atoms with E-state index in [1.807, 2.05) is 6.92 Å². The molecule has 1 unspecified atom stereocenters. The number of aryl methyl sites for hydroxylation is 1. The number of carbonyl (C=O) groups excluding carboxylic acids is 1. The van der Waals surface area contributed by atoms with Gasteiger partial charge in [-0.1, -0.05) is 17.7 Å². The van der Waals surface area contributed by atoms with Crippen LogP contribution in [0.3, 0.4) is 0 Å². The molecule has 0 heterocycles. The third-order valence-corrected chi connectivity index (χ3v) is 4.63. The zero-order valence-electron chi connectivity index (χ0n) is 11.4. The Hall–Kier alpha value is -1.69. The SMILES string of the molecule is Cc1cc(Cl)ccc1S(=O)c1cccc(NC(=O)CN)c1. The summed E-state index contributed by atoms with van der Waals surface area (Å²) in [5.41, 5.74) is 6.69. The van der Waals surface area contributed by atoms with E-state index in [2.05, 4.69) is 5.32 Å². The Morgan fingerprint density at radius 3 is 2.71 bits per heavy atom. The Morgan fingerprint density at radius 1 is 1.29 bits per heavy atom. The topological polar surface area (TPSA) is 72.2 Å². The molecule has 4 nitrogen and oxygen atoms in total. The molecule has 0 saturated heterocycles. The molecular weight excluding hydrogens is 308 g/mol. The fourth-order valence-corrected chi connectivity index (χ4v) is 3.31. The lowest BCUT2D eigenvalue weighted by molar-refractivity contribution is -0.114. The summed E-state index contributed by atoms with van der Waals surface area (Å²) in [7, 11) is -1.33. The van der Waals surface area contributed by atoms with Gasteiger partial charge in [-0.15, -0.1) is 0 Å². The van der Waals surface area contributed by atoms with Crippen LogP contribution >= 0.6 is 11.6 Å². The van der Waals surface area contributed by atoms with Crippen LogP contribution in [0.4, 0.5) is 5.69 Å². The van der Waals surface area contributed by atoms with E-state index in [0.29, 0.717) is 20.5 Å². The molecule has 0 radical (unpaired) electrons. The van der Waals surface area contributed by atoms with Gasteiger partial charge < -0.3 is 11.1 Å². The number of hydrogen-bond acceptors (Lipinski definition) is 3. The van der Waals surface area contributed by atoms with Gasteiger partial charge in [-0.3, -0.25) is 4.79 Å². The normalized spacial score (nSPS) is 12.0. The maximum Gasteiger partial charge on any atom is 0.238 e. The van der Waals surface area contributed by atoms with Crippen LogP contribution in [0, 0.1) is 6.92 Å². The smallest absolute Gasteiger partial charge is 0.238 e. The van der Waals surface area contributed by atoms with E-state index in [1.165, 1.54) is 0 Å². The maximum atomic E-state index is 12.6. The van der Waals surface area contributed by atoms with Gasteiger partial charge in [0.15, 0.2) is 0 Å². The molecular formula is C15H15ClN2O2S. The number of nitrogens with two attached hydrogens (primary N) is 1. The van der Waals surface area contributed by atoms with Gasteiger partial charge in [0.05, 0.1) is 17.3 Å². The summed E-state index contributed by atoms with van der Waals surface area (Å²) in [6, 6.07) is 12.1. The summed E-state index contributed by atoms with van der Waals surface area (Å²) in [5.74, 6) is -0.291. The van der Waals surface area contributed by atoms with Crippen LogP contribution in [-0.4, -0.2) is 16.7 Å². The van der Waals surface area contributed by atoms with Gasteiger partial charge in [0, 0.05) is 20.5 Å². The van der Waals surface area contributed by atoms with E-state index < -0.39 is 10.8 Å². The fraction of sp³-hybridized carbons (Fsp3) is 0.133. The summed E-state index contributed by atoms with van der Waals surface area (Å²) >= 11 is 5.91. The average Bonchev–Trinajstić information content (AvgIpc) is 2.47. The summed E-state index contributed by atoms with van der Waals surface area (Å²) in [4.78, 5) is 12.6. The lowest BCUT2D eigenvalue weighted by atomic mass is 10.2. The van der Waals surface area contributed by atoms with Crippen molar-refractivity contribution in [3.8, 4) is 0 Å². The number of hydrogen-bond donors (Lipinski definition) is 2. The van der Waals surface area contributed by atoms with Crippen molar-refractivity contribution in [1.29, 1.82) is 0 Å². The molecule has 0 aromatic heterocycles. The first-order valence-corrected chi connectivity index (χ1v) is 7.82. The monoisotopic (exact) mass is 322 g/mol. The second-order valence-electron chi connectivity index (χ2n) is 4.46. The molecule has 1 amide bonds. The van der Waals surface area contributed by atoms with Gasteiger partial charge in [0.25, 0.3) is 0 Å².